The van der Waals surface area contributed by atoms with E-state index in [1.54, 1.807) is 41.8 Å². The van der Waals surface area contributed by atoms with Gasteiger partial charge in [0.1, 0.15) is 11.5 Å². The Hall–Kier alpha value is -4.89. The number of benzene rings is 1. The quantitative estimate of drug-likeness (QED) is 0.104. The maximum absolute atomic E-state index is 11.2. The van der Waals surface area contributed by atoms with Crippen molar-refractivity contribution in [2.75, 3.05) is 11.4 Å². The summed E-state index contributed by atoms with van der Waals surface area (Å²) >= 11 is 1.73. The summed E-state index contributed by atoms with van der Waals surface area (Å²) in [6, 6.07) is 23.3. The predicted octanol–water partition coefficient (Wildman–Crippen LogP) is 7.64. The molecule has 0 radical (unpaired) electrons. The van der Waals surface area contributed by atoms with Gasteiger partial charge in [0.15, 0.2) is 0 Å². The number of carbonyl (C=O) groups is 2. The summed E-state index contributed by atoms with van der Waals surface area (Å²) in [6.07, 6.45) is 6.72. The van der Waals surface area contributed by atoms with E-state index in [9.17, 15) is 9.59 Å². The number of pyridine rings is 3. The summed E-state index contributed by atoms with van der Waals surface area (Å²) in [5.74, 6) is 0.614. The summed E-state index contributed by atoms with van der Waals surface area (Å²) in [7, 11) is 0. The third-order valence-corrected chi connectivity index (χ3v) is 7.81. The molecule has 9 heteroatoms. The van der Waals surface area contributed by atoms with Gasteiger partial charge in [0, 0.05) is 47.7 Å². The second-order valence-corrected chi connectivity index (χ2v) is 10.7. The summed E-state index contributed by atoms with van der Waals surface area (Å²) in [5, 5.41) is 1.17. The van der Waals surface area contributed by atoms with Crippen LogP contribution in [-0.2, 0) is 9.59 Å². The molecule has 5 aromatic rings. The molecule has 0 N–H and O–H groups in total. The second-order valence-electron chi connectivity index (χ2n) is 9.64. The Kier molecular flexibility index (Phi) is 9.30. The van der Waals surface area contributed by atoms with Crippen LogP contribution in [0.5, 0.6) is 11.5 Å². The molecule has 0 atom stereocenters. The van der Waals surface area contributed by atoms with Gasteiger partial charge in [-0.1, -0.05) is 37.5 Å². The predicted molar refractivity (Wildman–Crippen MR) is 165 cm³/mol. The molecule has 0 bridgehead atoms. The van der Waals surface area contributed by atoms with Crippen LogP contribution in [-0.4, -0.2) is 34.4 Å². The molecule has 5 rings (SSSR count). The summed E-state index contributed by atoms with van der Waals surface area (Å²) in [6.45, 7) is 5.97. The van der Waals surface area contributed by atoms with Gasteiger partial charge >= 0.3 is 0 Å². The Morgan fingerprint density at radius 3 is 2.14 bits per heavy atom. The number of hydrogen-bond donors (Lipinski definition) is 0. The van der Waals surface area contributed by atoms with E-state index in [1.165, 1.54) is 35.3 Å². The van der Waals surface area contributed by atoms with Gasteiger partial charge in [-0.3, -0.25) is 19.6 Å². The van der Waals surface area contributed by atoms with E-state index < -0.39 is 0 Å². The van der Waals surface area contributed by atoms with E-state index in [2.05, 4.69) is 65.1 Å². The topological polar surface area (TPSA) is 94.5 Å². The highest BCUT2D eigenvalue weighted by Gasteiger charge is 2.15. The Balaban J connectivity index is 1.48. The number of unbranched alkanes of at least 4 members (excludes halogenated alkanes) is 2. The molecule has 4 aromatic heterocycles. The number of thiophene rings is 1. The number of carbonyl (C=O) groups excluding carboxylic acids is 2. The van der Waals surface area contributed by atoms with Gasteiger partial charge in [-0.05, 0) is 61.4 Å². The Bertz CT molecular complexity index is 1670. The normalized spacial score (nSPS) is 10.7. The van der Waals surface area contributed by atoms with E-state index in [4.69, 9.17) is 14.5 Å². The summed E-state index contributed by atoms with van der Waals surface area (Å²) in [4.78, 5) is 39.1. The zero-order valence-electron chi connectivity index (χ0n) is 23.4. The first-order valence-corrected chi connectivity index (χ1v) is 14.5. The maximum atomic E-state index is 11.2. The number of hydrogen-bond acceptors (Lipinski definition) is 9. The van der Waals surface area contributed by atoms with Gasteiger partial charge in [-0.15, -0.1) is 11.3 Å². The van der Waals surface area contributed by atoms with Gasteiger partial charge in [0.2, 0.25) is 0 Å². The molecule has 0 saturated carbocycles. The van der Waals surface area contributed by atoms with Crippen LogP contribution in [0.15, 0.2) is 85.2 Å². The highest BCUT2D eigenvalue weighted by atomic mass is 32.1. The van der Waals surface area contributed by atoms with Crippen LogP contribution in [0.2, 0.25) is 0 Å². The van der Waals surface area contributed by atoms with Crippen molar-refractivity contribution >= 4 is 35.0 Å². The van der Waals surface area contributed by atoms with Crippen molar-refractivity contribution in [3.05, 3.63) is 90.8 Å². The lowest BCUT2D eigenvalue weighted by molar-refractivity contribution is -0.121. The van der Waals surface area contributed by atoms with Gasteiger partial charge < -0.3 is 14.4 Å². The van der Waals surface area contributed by atoms with E-state index in [1.807, 2.05) is 12.1 Å². The van der Waals surface area contributed by atoms with E-state index in [0.29, 0.717) is 47.2 Å². The molecular formula is C33H30N4O4S. The molecule has 0 amide bonds. The minimum atomic E-state index is 0.292. The van der Waals surface area contributed by atoms with Gasteiger partial charge in [0.05, 0.1) is 27.8 Å². The molecule has 0 aliphatic rings. The van der Waals surface area contributed by atoms with Crippen LogP contribution in [0, 0.1) is 6.92 Å². The van der Waals surface area contributed by atoms with Crippen LogP contribution < -0.4 is 14.4 Å². The summed E-state index contributed by atoms with van der Waals surface area (Å²) < 4.78 is 10.1. The highest BCUT2D eigenvalue weighted by Crippen LogP contribution is 2.38. The van der Waals surface area contributed by atoms with Crippen molar-refractivity contribution in [1.82, 2.24) is 15.0 Å². The van der Waals surface area contributed by atoms with Gasteiger partial charge in [-0.2, -0.15) is 0 Å². The number of aromatic nitrogens is 3. The molecule has 0 unspecified atom stereocenters. The Morgan fingerprint density at radius 2 is 1.43 bits per heavy atom. The average Bonchev–Trinajstić information content (AvgIpc) is 3.51. The van der Waals surface area contributed by atoms with E-state index >= 15 is 0 Å². The number of rotatable bonds is 13. The van der Waals surface area contributed by atoms with E-state index in [0.717, 1.165) is 23.4 Å². The van der Waals surface area contributed by atoms with Crippen molar-refractivity contribution in [2.24, 2.45) is 0 Å². The maximum Gasteiger partial charge on any atom is 0.298 e. The minimum absolute atomic E-state index is 0.292. The van der Waals surface area contributed by atoms with Crippen molar-refractivity contribution in [1.29, 1.82) is 0 Å². The number of anilines is 2. The average molecular weight is 579 g/mol. The van der Waals surface area contributed by atoms with Crippen LogP contribution >= 0.6 is 11.3 Å². The van der Waals surface area contributed by atoms with Crippen molar-refractivity contribution in [3.63, 3.8) is 0 Å². The first-order chi connectivity index (χ1) is 20.6. The first-order valence-electron chi connectivity index (χ1n) is 13.7. The molecule has 1 aromatic carbocycles. The standard InChI is InChI=1S/C33H30N4O4S/c1-3-4-5-16-37(25-8-6-23(2)7-9-25)33-11-10-32(42-33)24-12-14-34-28(17-24)30-19-27(41-22-39)20-31(36-30)29-18-26(40-21-38)13-15-35-29/h6-15,17-22H,3-5,16H2,1-2H3. The first kappa shape index (κ1) is 28.6. The molecule has 8 nitrogen and oxygen atoms in total. The molecule has 0 fully saturated rings. The van der Waals surface area contributed by atoms with Crippen molar-refractivity contribution in [3.8, 4) is 44.7 Å². The highest BCUT2D eigenvalue weighted by molar-refractivity contribution is 7.19. The van der Waals surface area contributed by atoms with Crippen molar-refractivity contribution in [2.45, 2.75) is 33.1 Å². The molecule has 212 valence electrons. The van der Waals surface area contributed by atoms with Gasteiger partial charge in [0.25, 0.3) is 12.9 Å². The number of nitrogens with zero attached hydrogens (tertiary/aromatic N) is 4. The van der Waals surface area contributed by atoms with Crippen LogP contribution in [0.25, 0.3) is 33.2 Å². The molecule has 4 heterocycles. The lowest BCUT2D eigenvalue weighted by Gasteiger charge is -2.23. The number of aryl methyl sites for hydroxylation is 1. The molecule has 42 heavy (non-hydrogen) atoms. The van der Waals surface area contributed by atoms with Crippen LogP contribution in [0.1, 0.15) is 31.7 Å². The molecule has 0 aliphatic heterocycles. The molecule has 0 saturated heterocycles. The third-order valence-electron chi connectivity index (χ3n) is 6.66. The smallest absolute Gasteiger partial charge is 0.298 e. The molecule has 0 spiro atoms. The SMILES string of the molecule is CCCCCN(c1ccc(C)cc1)c1ccc(-c2ccnc(-c3cc(OC=O)cc(-c4cc(OC=O)ccn4)n3)c2)s1. The summed E-state index contributed by atoms with van der Waals surface area (Å²) in [5.41, 5.74) is 5.42. The fourth-order valence-corrected chi connectivity index (χ4v) is 5.58. The van der Waals surface area contributed by atoms with E-state index in [-0.39, 0.29) is 0 Å². The third kappa shape index (κ3) is 6.87. The fraction of sp³-hybridized carbons (Fsp3) is 0.182. The zero-order chi connectivity index (χ0) is 29.3. The Morgan fingerprint density at radius 1 is 0.762 bits per heavy atom. The van der Waals surface area contributed by atoms with Crippen molar-refractivity contribution < 1.29 is 19.1 Å². The van der Waals surface area contributed by atoms with Crippen LogP contribution in [0.3, 0.4) is 0 Å². The monoisotopic (exact) mass is 578 g/mol. The van der Waals surface area contributed by atoms with Crippen LogP contribution in [0.4, 0.5) is 10.7 Å². The van der Waals surface area contributed by atoms with Gasteiger partial charge in [-0.25, -0.2) is 4.98 Å². The molecular weight excluding hydrogens is 548 g/mol. The largest absolute Gasteiger partial charge is 0.429 e. The lowest BCUT2D eigenvalue weighted by Crippen LogP contribution is -2.17. The zero-order valence-corrected chi connectivity index (χ0v) is 24.2. The number of ether oxygens (including phenoxy) is 2. The lowest BCUT2D eigenvalue weighted by atomic mass is 10.1. The molecule has 0 aliphatic carbocycles. The Labute approximate surface area is 248 Å². The second kappa shape index (κ2) is 13.6. The fourth-order valence-electron chi connectivity index (χ4n) is 4.53. The minimum Gasteiger partial charge on any atom is -0.429 e.